The van der Waals surface area contributed by atoms with E-state index in [-0.39, 0.29) is 5.97 Å². The Hall–Kier alpha value is -0.870. The van der Waals surface area contributed by atoms with Gasteiger partial charge in [0.25, 0.3) is 0 Å². The Morgan fingerprint density at radius 1 is 1.75 bits per heavy atom. The predicted octanol–water partition coefficient (Wildman–Crippen LogP) is 1.38. The van der Waals surface area contributed by atoms with Crippen LogP contribution in [0.15, 0.2) is 11.4 Å². The number of thiophene rings is 1. The Bertz CT molecular complexity index is 270. The van der Waals surface area contributed by atoms with Crippen LogP contribution < -0.4 is 5.73 Å². The highest BCUT2D eigenvalue weighted by molar-refractivity contribution is 7.12. The molecule has 0 spiro atoms. The second-order valence-corrected chi connectivity index (χ2v) is 3.12. The Morgan fingerprint density at radius 2 is 2.50 bits per heavy atom. The lowest BCUT2D eigenvalue weighted by atomic mass is 10.2. The molecule has 1 heterocycles. The minimum atomic E-state index is -0.270. The summed E-state index contributed by atoms with van der Waals surface area (Å²) >= 11 is 1.37. The molecule has 12 heavy (non-hydrogen) atoms. The van der Waals surface area contributed by atoms with E-state index in [4.69, 9.17) is 10.5 Å². The molecule has 4 heteroatoms. The van der Waals surface area contributed by atoms with Crippen LogP contribution in [0.3, 0.4) is 0 Å². The van der Waals surface area contributed by atoms with E-state index in [0.29, 0.717) is 18.0 Å². The molecule has 66 valence electrons. The zero-order valence-corrected chi connectivity index (χ0v) is 7.69. The van der Waals surface area contributed by atoms with Gasteiger partial charge in [0.2, 0.25) is 0 Å². The van der Waals surface area contributed by atoms with Crippen molar-refractivity contribution >= 4 is 17.3 Å². The van der Waals surface area contributed by atoms with E-state index in [1.165, 1.54) is 11.3 Å². The number of carbonyl (C=O) groups is 1. The summed E-state index contributed by atoms with van der Waals surface area (Å²) in [5.41, 5.74) is 6.29. The van der Waals surface area contributed by atoms with Gasteiger partial charge in [-0.3, -0.25) is 0 Å². The van der Waals surface area contributed by atoms with Crippen molar-refractivity contribution in [3.05, 3.63) is 21.9 Å². The van der Waals surface area contributed by atoms with Crippen molar-refractivity contribution in [3.63, 3.8) is 0 Å². The number of ether oxygens (including phenoxy) is 1. The van der Waals surface area contributed by atoms with Crippen molar-refractivity contribution in [1.29, 1.82) is 0 Å². The van der Waals surface area contributed by atoms with Gasteiger partial charge in [-0.25, -0.2) is 4.79 Å². The summed E-state index contributed by atoms with van der Waals surface area (Å²) in [6, 6.07) is 1.84. The third kappa shape index (κ3) is 1.84. The van der Waals surface area contributed by atoms with Gasteiger partial charge >= 0.3 is 5.97 Å². The van der Waals surface area contributed by atoms with Gasteiger partial charge in [-0.15, -0.1) is 11.3 Å². The third-order valence-electron chi connectivity index (χ3n) is 1.43. The second kappa shape index (κ2) is 4.23. The van der Waals surface area contributed by atoms with E-state index in [9.17, 15) is 4.79 Å². The predicted molar refractivity (Wildman–Crippen MR) is 48.2 cm³/mol. The van der Waals surface area contributed by atoms with Crippen LogP contribution in [0.5, 0.6) is 0 Å². The molecule has 0 saturated carbocycles. The topological polar surface area (TPSA) is 52.3 Å². The first-order valence-electron chi connectivity index (χ1n) is 3.73. The van der Waals surface area contributed by atoms with Gasteiger partial charge in [0.15, 0.2) is 0 Å². The fourth-order valence-electron chi connectivity index (χ4n) is 0.872. The van der Waals surface area contributed by atoms with Gasteiger partial charge in [-0.2, -0.15) is 0 Å². The van der Waals surface area contributed by atoms with Gasteiger partial charge in [-0.1, -0.05) is 0 Å². The SMILES string of the molecule is CCOC(=O)c1sccc1CN. The molecule has 0 unspecified atom stereocenters. The number of carbonyl (C=O) groups excluding carboxylic acids is 1. The van der Waals surface area contributed by atoms with E-state index in [2.05, 4.69) is 0 Å². The summed E-state index contributed by atoms with van der Waals surface area (Å²) in [7, 11) is 0. The number of hydrogen-bond acceptors (Lipinski definition) is 4. The summed E-state index contributed by atoms with van der Waals surface area (Å²) < 4.78 is 4.84. The molecule has 1 aromatic rings. The summed E-state index contributed by atoms with van der Waals surface area (Å²) in [6.45, 7) is 2.58. The van der Waals surface area contributed by atoms with Crippen LogP contribution in [-0.4, -0.2) is 12.6 Å². The Balaban J connectivity index is 2.79. The Morgan fingerprint density at radius 3 is 3.08 bits per heavy atom. The van der Waals surface area contributed by atoms with Crippen LogP contribution in [0.1, 0.15) is 22.2 Å². The van der Waals surface area contributed by atoms with Gasteiger partial charge in [0.1, 0.15) is 4.88 Å². The standard InChI is InChI=1S/C8H11NO2S/c1-2-11-8(10)7-6(5-9)3-4-12-7/h3-4H,2,5,9H2,1H3. The zero-order chi connectivity index (χ0) is 8.97. The largest absolute Gasteiger partial charge is 0.462 e. The van der Waals surface area contributed by atoms with Crippen LogP contribution in [0.25, 0.3) is 0 Å². The highest BCUT2D eigenvalue weighted by Crippen LogP contribution is 2.17. The Kier molecular flexibility index (Phi) is 3.25. The van der Waals surface area contributed by atoms with Crippen LogP contribution in [-0.2, 0) is 11.3 Å². The fourth-order valence-corrected chi connectivity index (χ4v) is 1.70. The molecule has 2 N–H and O–H groups in total. The van der Waals surface area contributed by atoms with E-state index in [1.807, 2.05) is 11.4 Å². The second-order valence-electron chi connectivity index (χ2n) is 2.20. The summed E-state index contributed by atoms with van der Waals surface area (Å²) in [4.78, 5) is 11.8. The van der Waals surface area contributed by atoms with Crippen molar-refractivity contribution in [1.82, 2.24) is 0 Å². The van der Waals surface area contributed by atoms with Crippen molar-refractivity contribution in [2.24, 2.45) is 5.73 Å². The van der Waals surface area contributed by atoms with E-state index in [0.717, 1.165) is 5.56 Å². The normalized spacial score (nSPS) is 9.83. The van der Waals surface area contributed by atoms with Crippen molar-refractivity contribution in [2.45, 2.75) is 13.5 Å². The van der Waals surface area contributed by atoms with Gasteiger partial charge < -0.3 is 10.5 Å². The molecule has 0 aliphatic heterocycles. The van der Waals surface area contributed by atoms with Crippen LogP contribution >= 0.6 is 11.3 Å². The first kappa shape index (κ1) is 9.22. The van der Waals surface area contributed by atoms with Crippen molar-refractivity contribution in [2.75, 3.05) is 6.61 Å². The maximum absolute atomic E-state index is 11.2. The lowest BCUT2D eigenvalue weighted by Gasteiger charge is -2.00. The summed E-state index contributed by atoms with van der Waals surface area (Å²) in [5, 5.41) is 1.84. The van der Waals surface area contributed by atoms with Crippen molar-refractivity contribution in [3.8, 4) is 0 Å². The molecule has 0 fully saturated rings. The number of esters is 1. The monoisotopic (exact) mass is 185 g/mol. The number of nitrogens with two attached hydrogens (primary N) is 1. The molecule has 0 bridgehead atoms. The Labute approximate surface area is 75.1 Å². The van der Waals surface area contributed by atoms with Gasteiger partial charge in [-0.05, 0) is 23.9 Å². The first-order valence-corrected chi connectivity index (χ1v) is 4.61. The van der Waals surface area contributed by atoms with E-state index < -0.39 is 0 Å². The lowest BCUT2D eigenvalue weighted by molar-refractivity contribution is 0.0531. The number of hydrogen-bond donors (Lipinski definition) is 1. The molecule has 0 aliphatic rings. The fraction of sp³-hybridized carbons (Fsp3) is 0.375. The highest BCUT2D eigenvalue weighted by atomic mass is 32.1. The number of rotatable bonds is 3. The third-order valence-corrected chi connectivity index (χ3v) is 2.36. The lowest BCUT2D eigenvalue weighted by Crippen LogP contribution is -2.07. The first-order chi connectivity index (χ1) is 5.79. The van der Waals surface area contributed by atoms with Crippen LogP contribution in [0, 0.1) is 0 Å². The molecule has 3 nitrogen and oxygen atoms in total. The molecule has 0 amide bonds. The molecular formula is C8H11NO2S. The minimum absolute atomic E-state index is 0.270. The van der Waals surface area contributed by atoms with Crippen LogP contribution in [0.4, 0.5) is 0 Å². The molecule has 1 aromatic heterocycles. The molecule has 0 radical (unpaired) electrons. The maximum Gasteiger partial charge on any atom is 0.348 e. The molecule has 0 aliphatic carbocycles. The van der Waals surface area contributed by atoms with Crippen molar-refractivity contribution < 1.29 is 9.53 Å². The van der Waals surface area contributed by atoms with Gasteiger partial charge in [0, 0.05) is 6.54 Å². The average molecular weight is 185 g/mol. The van der Waals surface area contributed by atoms with Crippen LogP contribution in [0.2, 0.25) is 0 Å². The highest BCUT2D eigenvalue weighted by Gasteiger charge is 2.12. The molecule has 0 atom stereocenters. The zero-order valence-electron chi connectivity index (χ0n) is 6.87. The van der Waals surface area contributed by atoms with E-state index >= 15 is 0 Å². The smallest absolute Gasteiger partial charge is 0.348 e. The van der Waals surface area contributed by atoms with E-state index in [1.54, 1.807) is 6.92 Å². The minimum Gasteiger partial charge on any atom is -0.462 e. The molecule has 1 rings (SSSR count). The van der Waals surface area contributed by atoms with Gasteiger partial charge in [0.05, 0.1) is 6.61 Å². The molecular weight excluding hydrogens is 174 g/mol. The quantitative estimate of drug-likeness (QED) is 0.724. The summed E-state index contributed by atoms with van der Waals surface area (Å²) in [6.07, 6.45) is 0. The average Bonchev–Trinajstić information content (AvgIpc) is 2.51. The summed E-state index contributed by atoms with van der Waals surface area (Å²) in [5.74, 6) is -0.270. The molecule has 0 saturated heterocycles. The maximum atomic E-state index is 11.2. The molecule has 0 aromatic carbocycles.